The monoisotopic (exact) mass is 351 g/mol. The van der Waals surface area contributed by atoms with Crippen LogP contribution in [0.15, 0.2) is 22.7 Å². The smallest absolute Gasteiger partial charge is 0.218 e. The van der Waals surface area contributed by atoms with Gasteiger partial charge in [-0.3, -0.25) is 0 Å². The predicted molar refractivity (Wildman–Crippen MR) is 83.6 cm³/mol. The molecular formula is C15H18BrN3O2. The average molecular weight is 352 g/mol. The number of rotatable bonds is 2. The molecule has 5 nitrogen and oxygen atoms in total. The summed E-state index contributed by atoms with van der Waals surface area (Å²) in [4.78, 5) is 0. The van der Waals surface area contributed by atoms with Crippen LogP contribution >= 0.6 is 15.9 Å². The van der Waals surface area contributed by atoms with Crippen LogP contribution in [0.1, 0.15) is 35.4 Å². The Morgan fingerprint density at radius 1 is 1.48 bits per heavy atom. The first-order valence-electron chi connectivity index (χ1n) is 6.80. The summed E-state index contributed by atoms with van der Waals surface area (Å²) in [5, 5.41) is 4.42. The van der Waals surface area contributed by atoms with E-state index in [0.717, 1.165) is 32.9 Å². The molecule has 2 N–H and O–H groups in total. The second-order valence-electron chi connectivity index (χ2n) is 5.26. The van der Waals surface area contributed by atoms with Crippen molar-refractivity contribution in [3.63, 3.8) is 0 Å². The summed E-state index contributed by atoms with van der Waals surface area (Å²) >= 11 is 3.47. The summed E-state index contributed by atoms with van der Waals surface area (Å²) in [7, 11) is 3.51. The van der Waals surface area contributed by atoms with Gasteiger partial charge in [0.2, 0.25) is 5.88 Å². The maximum atomic E-state index is 6.31. The van der Waals surface area contributed by atoms with Gasteiger partial charge in [0.05, 0.1) is 18.4 Å². The Kier molecular flexibility index (Phi) is 3.67. The topological polar surface area (TPSA) is 62.3 Å². The summed E-state index contributed by atoms with van der Waals surface area (Å²) in [6.07, 6.45) is 0.558. The van der Waals surface area contributed by atoms with E-state index >= 15 is 0 Å². The zero-order valence-electron chi connectivity index (χ0n) is 12.3. The fraction of sp³-hybridized carbons (Fsp3) is 0.400. The van der Waals surface area contributed by atoms with Crippen molar-refractivity contribution in [2.45, 2.75) is 25.5 Å². The predicted octanol–water partition coefficient (Wildman–Crippen LogP) is 3.02. The molecule has 2 heterocycles. The Labute approximate surface area is 132 Å². The van der Waals surface area contributed by atoms with E-state index in [-0.39, 0.29) is 12.1 Å². The van der Waals surface area contributed by atoms with Crippen LogP contribution in [-0.2, 0) is 7.05 Å². The summed E-state index contributed by atoms with van der Waals surface area (Å²) < 4.78 is 14.3. The highest BCUT2D eigenvalue weighted by atomic mass is 79.9. The maximum absolute atomic E-state index is 6.31. The van der Waals surface area contributed by atoms with Crippen LogP contribution in [0, 0.1) is 6.92 Å². The molecule has 1 aliphatic heterocycles. The van der Waals surface area contributed by atoms with Crippen molar-refractivity contribution in [1.29, 1.82) is 0 Å². The third kappa shape index (κ3) is 2.42. The van der Waals surface area contributed by atoms with Crippen LogP contribution in [0.2, 0.25) is 0 Å². The maximum Gasteiger partial charge on any atom is 0.218 e. The van der Waals surface area contributed by atoms with Crippen LogP contribution in [0.25, 0.3) is 0 Å². The molecule has 2 aromatic rings. The number of hydrogen-bond donors (Lipinski definition) is 1. The normalized spacial score (nSPS) is 20.8. The molecule has 21 heavy (non-hydrogen) atoms. The van der Waals surface area contributed by atoms with Gasteiger partial charge in [-0.05, 0) is 19.1 Å². The highest BCUT2D eigenvalue weighted by molar-refractivity contribution is 9.10. The van der Waals surface area contributed by atoms with Crippen molar-refractivity contribution in [3.05, 3.63) is 39.5 Å². The SMILES string of the molecule is COc1c(C2C[C@@H](N)c3ccc(Br)cc3O2)c(C)nn1C. The van der Waals surface area contributed by atoms with Gasteiger partial charge in [-0.25, -0.2) is 4.68 Å². The largest absolute Gasteiger partial charge is 0.485 e. The average Bonchev–Trinajstić information content (AvgIpc) is 2.71. The number of halogens is 1. The molecule has 6 heteroatoms. The summed E-state index contributed by atoms with van der Waals surface area (Å²) in [5.74, 6) is 1.54. The molecule has 0 aliphatic carbocycles. The van der Waals surface area contributed by atoms with Crippen molar-refractivity contribution in [2.24, 2.45) is 12.8 Å². The molecule has 0 spiro atoms. The number of methoxy groups -OCH3 is 1. The lowest BCUT2D eigenvalue weighted by atomic mass is 9.93. The molecule has 1 aromatic heterocycles. The molecule has 0 saturated carbocycles. The van der Waals surface area contributed by atoms with E-state index in [1.807, 2.05) is 32.2 Å². The van der Waals surface area contributed by atoms with Crippen molar-refractivity contribution >= 4 is 15.9 Å². The van der Waals surface area contributed by atoms with Crippen molar-refractivity contribution in [2.75, 3.05) is 7.11 Å². The number of nitrogens with two attached hydrogens (primary N) is 1. The molecular weight excluding hydrogens is 334 g/mol. The summed E-state index contributed by atoms with van der Waals surface area (Å²) in [6, 6.07) is 5.89. The highest BCUT2D eigenvalue weighted by Crippen LogP contribution is 2.43. The van der Waals surface area contributed by atoms with Gasteiger partial charge in [0.25, 0.3) is 0 Å². The molecule has 1 aliphatic rings. The third-order valence-electron chi connectivity index (χ3n) is 3.84. The highest BCUT2D eigenvalue weighted by Gasteiger charge is 2.32. The fourth-order valence-corrected chi connectivity index (χ4v) is 3.26. The quantitative estimate of drug-likeness (QED) is 0.903. The van der Waals surface area contributed by atoms with E-state index in [1.165, 1.54) is 0 Å². The number of aromatic nitrogens is 2. The van der Waals surface area contributed by atoms with E-state index in [9.17, 15) is 0 Å². The molecule has 3 rings (SSSR count). The Balaban J connectivity index is 2.03. The van der Waals surface area contributed by atoms with Crippen LogP contribution in [0.5, 0.6) is 11.6 Å². The molecule has 112 valence electrons. The molecule has 0 amide bonds. The number of benzene rings is 1. The zero-order chi connectivity index (χ0) is 15.1. The zero-order valence-corrected chi connectivity index (χ0v) is 13.8. The van der Waals surface area contributed by atoms with Gasteiger partial charge >= 0.3 is 0 Å². The lowest BCUT2D eigenvalue weighted by Gasteiger charge is -2.30. The standard InChI is InChI=1S/C15H18BrN3O2/c1-8-14(15(20-3)19(2)18-8)13-7-11(17)10-5-4-9(16)6-12(10)21-13/h4-6,11,13H,7,17H2,1-3H3/t11-,13?/m1/s1. The van der Waals surface area contributed by atoms with Gasteiger partial charge in [0.15, 0.2) is 0 Å². The molecule has 1 aromatic carbocycles. The molecule has 2 atom stereocenters. The third-order valence-corrected chi connectivity index (χ3v) is 4.34. The van der Waals surface area contributed by atoms with Gasteiger partial charge in [-0.1, -0.05) is 22.0 Å². The van der Waals surface area contributed by atoms with Crippen LogP contribution in [0.3, 0.4) is 0 Å². The number of ether oxygens (including phenoxy) is 2. The number of nitrogens with zero attached hydrogens (tertiary/aromatic N) is 2. The minimum atomic E-state index is -0.148. The second-order valence-corrected chi connectivity index (χ2v) is 6.18. The lowest BCUT2D eigenvalue weighted by Crippen LogP contribution is -2.24. The van der Waals surface area contributed by atoms with Crippen LogP contribution < -0.4 is 15.2 Å². The Bertz CT molecular complexity index is 684. The molecule has 0 fully saturated rings. The van der Waals surface area contributed by atoms with Crippen molar-refractivity contribution in [3.8, 4) is 11.6 Å². The Morgan fingerprint density at radius 2 is 2.24 bits per heavy atom. The summed E-state index contributed by atoms with van der Waals surface area (Å²) in [5.41, 5.74) is 9.23. The fourth-order valence-electron chi connectivity index (χ4n) is 2.92. The first-order chi connectivity index (χ1) is 10.0. The van der Waals surface area contributed by atoms with Crippen LogP contribution in [0.4, 0.5) is 0 Å². The minimum absolute atomic E-state index is 0.0591. The minimum Gasteiger partial charge on any atom is -0.485 e. The van der Waals surface area contributed by atoms with Gasteiger partial charge in [0, 0.05) is 29.5 Å². The number of hydrogen-bond acceptors (Lipinski definition) is 4. The Hall–Kier alpha value is -1.53. The van der Waals surface area contributed by atoms with Gasteiger partial charge < -0.3 is 15.2 Å². The van der Waals surface area contributed by atoms with Crippen molar-refractivity contribution in [1.82, 2.24) is 9.78 Å². The molecule has 0 bridgehead atoms. The molecule has 1 unspecified atom stereocenters. The van der Waals surface area contributed by atoms with E-state index in [4.69, 9.17) is 15.2 Å². The molecule has 0 radical (unpaired) electrons. The van der Waals surface area contributed by atoms with E-state index in [1.54, 1.807) is 11.8 Å². The van der Waals surface area contributed by atoms with Gasteiger partial charge in [0.1, 0.15) is 11.9 Å². The first kappa shape index (κ1) is 14.4. The van der Waals surface area contributed by atoms with E-state index < -0.39 is 0 Å². The summed E-state index contributed by atoms with van der Waals surface area (Å²) in [6.45, 7) is 1.96. The Morgan fingerprint density at radius 3 is 2.95 bits per heavy atom. The van der Waals surface area contributed by atoms with Gasteiger partial charge in [-0.15, -0.1) is 0 Å². The lowest BCUT2D eigenvalue weighted by molar-refractivity contribution is 0.156. The van der Waals surface area contributed by atoms with Gasteiger partial charge in [-0.2, -0.15) is 5.10 Å². The van der Waals surface area contributed by atoms with E-state index in [0.29, 0.717) is 6.42 Å². The second kappa shape index (κ2) is 5.35. The van der Waals surface area contributed by atoms with Crippen molar-refractivity contribution < 1.29 is 9.47 Å². The van der Waals surface area contributed by atoms with E-state index in [2.05, 4.69) is 21.0 Å². The first-order valence-corrected chi connectivity index (χ1v) is 7.59. The number of fused-ring (bicyclic) bond motifs is 1. The molecule has 0 saturated heterocycles. The van der Waals surface area contributed by atoms with Crippen LogP contribution in [-0.4, -0.2) is 16.9 Å². The number of aryl methyl sites for hydroxylation is 2.